The van der Waals surface area contributed by atoms with Gasteiger partial charge in [0.25, 0.3) is 0 Å². The molecule has 1 aliphatic rings. The first-order chi connectivity index (χ1) is 16.1. The van der Waals surface area contributed by atoms with Gasteiger partial charge in [0.1, 0.15) is 5.84 Å². The summed E-state index contributed by atoms with van der Waals surface area (Å²) in [6, 6.07) is 14.1. The fourth-order valence-electron chi connectivity index (χ4n) is 4.04. The van der Waals surface area contributed by atoms with E-state index in [0.717, 1.165) is 27.6 Å². The molecule has 0 bridgehead atoms. The number of amidine groups is 1. The van der Waals surface area contributed by atoms with E-state index >= 15 is 0 Å². The van der Waals surface area contributed by atoms with Crippen LogP contribution in [0.15, 0.2) is 77.0 Å². The molecule has 0 fully saturated rings. The maximum Gasteiger partial charge on any atom is 0.202 e. The van der Waals surface area contributed by atoms with Gasteiger partial charge in [-0.2, -0.15) is 0 Å². The summed E-state index contributed by atoms with van der Waals surface area (Å²) in [5.41, 5.74) is 4.65. The second-order valence-electron chi connectivity index (χ2n) is 8.09. The minimum absolute atomic E-state index is 0.00508. The molecule has 0 unspecified atom stereocenters. The molecular formula is C26H23N5O2. The molecule has 0 aliphatic carbocycles. The average molecular weight is 438 g/mol. The Morgan fingerprint density at radius 2 is 2.06 bits per heavy atom. The Balaban J connectivity index is 1.37. The number of carbonyl (C=O) groups excluding carboxylic acids is 1. The summed E-state index contributed by atoms with van der Waals surface area (Å²) < 4.78 is 1.74. The molecule has 0 spiro atoms. The lowest BCUT2D eigenvalue weighted by Crippen LogP contribution is -2.10. The van der Waals surface area contributed by atoms with E-state index in [2.05, 4.69) is 38.2 Å². The lowest BCUT2D eigenvalue weighted by Gasteiger charge is -2.06. The van der Waals surface area contributed by atoms with Crippen LogP contribution >= 0.6 is 0 Å². The van der Waals surface area contributed by atoms with Crippen LogP contribution in [-0.2, 0) is 19.9 Å². The topological polar surface area (TPSA) is 95.6 Å². The van der Waals surface area contributed by atoms with Crippen molar-refractivity contribution in [2.24, 2.45) is 17.0 Å². The molecule has 0 radical (unpaired) electrons. The van der Waals surface area contributed by atoms with Crippen LogP contribution in [-0.4, -0.2) is 44.0 Å². The van der Waals surface area contributed by atoms with E-state index in [9.17, 15) is 9.90 Å². The van der Waals surface area contributed by atoms with E-state index in [4.69, 9.17) is 0 Å². The van der Waals surface area contributed by atoms with Crippen molar-refractivity contribution in [3.63, 3.8) is 0 Å². The summed E-state index contributed by atoms with van der Waals surface area (Å²) in [7, 11) is 1.82. The van der Waals surface area contributed by atoms with Gasteiger partial charge in [0.2, 0.25) is 5.78 Å². The normalized spacial score (nSPS) is 13.3. The number of aromatic amines is 1. The lowest BCUT2D eigenvalue weighted by atomic mass is 9.99. The molecule has 5 rings (SSSR count). The van der Waals surface area contributed by atoms with Crippen molar-refractivity contribution in [1.82, 2.24) is 14.5 Å². The Labute approximate surface area is 190 Å². The fraction of sp³-hybridized carbons (Fsp3) is 0.154. The van der Waals surface area contributed by atoms with Gasteiger partial charge in [-0.1, -0.05) is 36.4 Å². The SMILES string of the molecule is Cn1ccnc1C(=O)Cc1cccc(Cc2ccc3[nH]c(O)c(C=NC4=NCC=C4)c3c2)c1. The van der Waals surface area contributed by atoms with Crippen molar-refractivity contribution in [3.8, 4) is 5.88 Å². The van der Waals surface area contributed by atoms with Gasteiger partial charge >= 0.3 is 0 Å². The smallest absolute Gasteiger partial charge is 0.202 e. The summed E-state index contributed by atoms with van der Waals surface area (Å²) >= 11 is 0. The zero-order valence-electron chi connectivity index (χ0n) is 18.2. The number of H-pyrrole nitrogens is 1. The van der Waals surface area contributed by atoms with E-state index in [1.54, 1.807) is 23.2 Å². The van der Waals surface area contributed by atoms with Crippen molar-refractivity contribution >= 4 is 28.7 Å². The highest BCUT2D eigenvalue weighted by Gasteiger charge is 2.13. The van der Waals surface area contributed by atoms with Crippen LogP contribution in [0.5, 0.6) is 5.88 Å². The highest BCUT2D eigenvalue weighted by molar-refractivity contribution is 6.08. The van der Waals surface area contributed by atoms with E-state index in [1.807, 2.05) is 43.5 Å². The maximum absolute atomic E-state index is 12.6. The number of imidazole rings is 1. The minimum Gasteiger partial charge on any atom is -0.494 e. The third kappa shape index (κ3) is 4.39. The predicted octanol–water partition coefficient (Wildman–Crippen LogP) is 4.01. The Kier molecular flexibility index (Phi) is 5.44. The Morgan fingerprint density at radius 1 is 1.21 bits per heavy atom. The molecule has 33 heavy (non-hydrogen) atoms. The molecule has 7 heteroatoms. The third-order valence-electron chi connectivity index (χ3n) is 5.67. The van der Waals surface area contributed by atoms with Crippen LogP contribution in [0.2, 0.25) is 0 Å². The second-order valence-corrected chi connectivity index (χ2v) is 8.09. The van der Waals surface area contributed by atoms with Gasteiger partial charge in [0.15, 0.2) is 11.7 Å². The fourth-order valence-corrected chi connectivity index (χ4v) is 4.04. The van der Waals surface area contributed by atoms with Crippen molar-refractivity contribution in [1.29, 1.82) is 0 Å². The monoisotopic (exact) mass is 437 g/mol. The van der Waals surface area contributed by atoms with Gasteiger partial charge in [0.05, 0.1) is 12.1 Å². The van der Waals surface area contributed by atoms with Gasteiger partial charge in [-0.15, -0.1) is 0 Å². The quantitative estimate of drug-likeness (QED) is 0.352. The molecule has 164 valence electrons. The number of nitrogens with one attached hydrogen (secondary N) is 1. The summed E-state index contributed by atoms with van der Waals surface area (Å²) in [6.45, 7) is 0.642. The summed E-state index contributed by atoms with van der Waals surface area (Å²) in [5, 5.41) is 11.3. The number of hydrogen-bond donors (Lipinski definition) is 2. The van der Waals surface area contributed by atoms with Gasteiger partial charge in [-0.05, 0) is 41.3 Å². The van der Waals surface area contributed by atoms with Crippen molar-refractivity contribution in [2.75, 3.05) is 6.54 Å². The molecule has 2 aromatic heterocycles. The van der Waals surface area contributed by atoms with Crippen LogP contribution in [0, 0.1) is 0 Å². The van der Waals surface area contributed by atoms with E-state index in [1.165, 1.54) is 0 Å². The van der Waals surface area contributed by atoms with E-state index in [-0.39, 0.29) is 11.7 Å². The van der Waals surface area contributed by atoms with E-state index in [0.29, 0.717) is 36.6 Å². The summed E-state index contributed by atoms with van der Waals surface area (Å²) in [5.74, 6) is 1.20. The first-order valence-corrected chi connectivity index (χ1v) is 10.7. The Hall–Kier alpha value is -4.26. The molecule has 7 nitrogen and oxygen atoms in total. The van der Waals surface area contributed by atoms with Crippen LogP contribution in [0.3, 0.4) is 0 Å². The zero-order valence-corrected chi connectivity index (χ0v) is 18.2. The van der Waals surface area contributed by atoms with Crippen LogP contribution in [0.25, 0.3) is 10.9 Å². The number of benzene rings is 2. The van der Waals surface area contributed by atoms with Crippen LogP contribution < -0.4 is 0 Å². The number of carbonyl (C=O) groups is 1. The maximum atomic E-state index is 12.6. The first-order valence-electron chi connectivity index (χ1n) is 10.7. The molecule has 3 heterocycles. The third-order valence-corrected chi connectivity index (χ3v) is 5.67. The number of Topliss-reactive ketones (excluding diaryl/α,β-unsaturated/α-hetero) is 1. The predicted molar refractivity (Wildman–Crippen MR) is 129 cm³/mol. The summed E-state index contributed by atoms with van der Waals surface area (Å²) in [6.07, 6.45) is 9.87. The highest BCUT2D eigenvalue weighted by atomic mass is 16.3. The van der Waals surface area contributed by atoms with Crippen LogP contribution in [0.1, 0.15) is 32.9 Å². The lowest BCUT2D eigenvalue weighted by molar-refractivity contribution is 0.0980. The van der Waals surface area contributed by atoms with Gasteiger partial charge in [-0.3, -0.25) is 9.79 Å². The second kappa shape index (κ2) is 8.70. The van der Waals surface area contributed by atoms with Crippen LogP contribution in [0.4, 0.5) is 0 Å². The minimum atomic E-state index is -0.00508. The van der Waals surface area contributed by atoms with Crippen molar-refractivity contribution < 1.29 is 9.90 Å². The van der Waals surface area contributed by atoms with Crippen molar-refractivity contribution in [3.05, 3.63) is 95.1 Å². The molecular weight excluding hydrogens is 414 g/mol. The molecule has 1 aliphatic heterocycles. The number of rotatable bonds is 6. The van der Waals surface area contributed by atoms with Gasteiger partial charge in [0, 0.05) is 43.0 Å². The number of aromatic hydroxyl groups is 1. The van der Waals surface area contributed by atoms with Gasteiger partial charge < -0.3 is 14.7 Å². The largest absolute Gasteiger partial charge is 0.494 e. The molecule has 2 aromatic carbocycles. The van der Waals surface area contributed by atoms with Crippen molar-refractivity contribution in [2.45, 2.75) is 12.8 Å². The Bertz CT molecular complexity index is 1440. The van der Waals surface area contributed by atoms with E-state index < -0.39 is 0 Å². The number of aromatic nitrogens is 3. The number of nitrogens with zero attached hydrogens (tertiary/aromatic N) is 4. The molecule has 0 amide bonds. The number of hydrogen-bond acceptors (Lipinski definition) is 5. The number of ketones is 1. The Morgan fingerprint density at radius 3 is 2.85 bits per heavy atom. The van der Waals surface area contributed by atoms with Gasteiger partial charge in [-0.25, -0.2) is 9.98 Å². The zero-order chi connectivity index (χ0) is 22.8. The number of aliphatic imine (C=N–C) groups is 2. The summed E-state index contributed by atoms with van der Waals surface area (Å²) in [4.78, 5) is 28.4. The number of aryl methyl sites for hydroxylation is 1. The highest BCUT2D eigenvalue weighted by Crippen LogP contribution is 2.27. The molecule has 0 saturated heterocycles. The number of fused-ring (bicyclic) bond motifs is 1. The molecule has 4 aromatic rings. The molecule has 2 N–H and O–H groups in total. The first kappa shape index (κ1) is 20.6. The molecule has 0 atom stereocenters. The molecule has 0 saturated carbocycles. The standard InChI is InChI=1S/C26H23N5O2/c1-31-11-10-28-25(31)23(32)15-18-5-2-4-17(12-18)13-19-7-8-22-20(14-19)21(26(33)30-22)16-29-24-6-3-9-27-24/h2-8,10-12,14,16,30,33H,9,13,15H2,1H3. The average Bonchev–Trinajstić information content (AvgIpc) is 3.53.